The number of pyridine rings is 1. The van der Waals surface area contributed by atoms with Crippen LogP contribution in [0.15, 0.2) is 29.1 Å². The average Bonchev–Trinajstić information content (AvgIpc) is 3.60. The Bertz CT molecular complexity index is 2090. The van der Waals surface area contributed by atoms with Crippen molar-refractivity contribution in [1.82, 2.24) is 34.7 Å². The van der Waals surface area contributed by atoms with Crippen molar-refractivity contribution in [2.75, 3.05) is 76.4 Å². The van der Waals surface area contributed by atoms with Crippen molar-refractivity contribution >= 4 is 40.1 Å². The van der Waals surface area contributed by atoms with E-state index in [0.717, 1.165) is 75.4 Å². The number of aromatic nitrogens is 4. The van der Waals surface area contributed by atoms with Gasteiger partial charge in [-0.25, -0.2) is 0 Å². The normalized spacial score (nSPS) is 27.6. The van der Waals surface area contributed by atoms with Gasteiger partial charge in [0.1, 0.15) is 18.0 Å². The van der Waals surface area contributed by atoms with E-state index in [2.05, 4.69) is 40.9 Å². The molecular formula is C41H55N9O5. The minimum Gasteiger partial charge on any atom is -0.496 e. The molecule has 0 unspecified atom stereocenters. The third-order valence-electron chi connectivity index (χ3n) is 13.8. The topological polar surface area (TPSA) is 130 Å². The lowest BCUT2D eigenvalue weighted by molar-refractivity contribution is -0.187. The van der Waals surface area contributed by atoms with Gasteiger partial charge >= 0.3 is 0 Å². The number of carbonyl (C=O) groups is 2. The summed E-state index contributed by atoms with van der Waals surface area (Å²) in [5.41, 5.74) is 4.60. The Hall–Kier alpha value is -4.43. The number of benzene rings is 1. The van der Waals surface area contributed by atoms with Crippen LogP contribution < -0.4 is 25.3 Å². The van der Waals surface area contributed by atoms with Crippen molar-refractivity contribution in [3.8, 4) is 5.75 Å². The molecule has 5 heterocycles. The van der Waals surface area contributed by atoms with E-state index in [-0.39, 0.29) is 46.9 Å². The van der Waals surface area contributed by atoms with E-state index in [1.165, 1.54) is 0 Å². The van der Waals surface area contributed by atoms with Crippen LogP contribution in [-0.2, 0) is 22.5 Å². The van der Waals surface area contributed by atoms with Crippen molar-refractivity contribution in [2.45, 2.75) is 89.9 Å². The van der Waals surface area contributed by atoms with E-state index in [4.69, 9.17) is 19.7 Å². The Morgan fingerprint density at radius 2 is 1.80 bits per heavy atom. The number of ether oxygens (including phenoxy) is 2. The molecular weight excluding hydrogens is 699 g/mol. The largest absolute Gasteiger partial charge is 0.496 e. The first-order valence-electron chi connectivity index (χ1n) is 20.3. The monoisotopic (exact) mass is 753 g/mol. The second-order valence-electron chi connectivity index (χ2n) is 17.2. The molecule has 2 aromatic heterocycles. The van der Waals surface area contributed by atoms with Gasteiger partial charge in [-0.2, -0.15) is 4.80 Å². The van der Waals surface area contributed by atoms with Crippen LogP contribution in [0.1, 0.15) is 75.3 Å². The predicted octanol–water partition coefficient (Wildman–Crippen LogP) is 3.37. The van der Waals surface area contributed by atoms with Gasteiger partial charge in [0.25, 0.3) is 5.91 Å². The molecule has 294 valence electrons. The van der Waals surface area contributed by atoms with Crippen molar-refractivity contribution in [3.63, 3.8) is 0 Å². The maximum atomic E-state index is 14.7. The SMILES string of the molecule is CCc1c(N2CCN(C(=O)c3cc(N4CCN(C)CC4)ccc3OC)[C@H]3CC[C@@H]32)c(=O)c2nn(C3=CCOCC3)nc2n1CC(=O)NC12CC(C(C)C)(C1)C2. The van der Waals surface area contributed by atoms with Crippen LogP contribution in [-0.4, -0.2) is 125 Å². The third kappa shape index (κ3) is 5.93. The van der Waals surface area contributed by atoms with Crippen molar-refractivity contribution < 1.29 is 19.1 Å². The number of nitrogens with one attached hydrogen (secondary N) is 1. The number of hydrogen-bond donors (Lipinski definition) is 1. The van der Waals surface area contributed by atoms with Gasteiger partial charge in [0.15, 0.2) is 11.2 Å². The molecule has 4 saturated carbocycles. The van der Waals surface area contributed by atoms with E-state index in [0.29, 0.717) is 73.1 Å². The van der Waals surface area contributed by atoms with Crippen LogP contribution >= 0.6 is 0 Å². The number of likely N-dealkylation sites (N-methyl/N-ethyl adjacent to an activating group) is 1. The standard InChI is InChI=1S/C41H55N9O5/c1-6-30-36(47-17-18-48(32-9-8-31(32)47)39(53)29-21-28(7-10-33(29)54-5)46-15-13-45(4)14-16-46)37(52)35-38(44-50(43-35)27-11-19-55-20-12-27)49(30)22-34(51)42-41-23-40(24-41,25-41)26(2)3/h7,10-11,21,26,31-32H,6,8-9,12-20,22-25H2,1-5H3,(H,42,51)/t31-,32-,40?,41?/m0/s1. The lowest BCUT2D eigenvalue weighted by atomic mass is 9.36. The highest BCUT2D eigenvalue weighted by atomic mass is 16.5. The van der Waals surface area contributed by atoms with Crippen molar-refractivity contribution in [2.24, 2.45) is 11.3 Å². The molecule has 14 heteroatoms. The van der Waals surface area contributed by atoms with Gasteiger partial charge in [0.2, 0.25) is 11.3 Å². The molecule has 3 aromatic rings. The molecule has 1 aromatic carbocycles. The average molecular weight is 754 g/mol. The maximum absolute atomic E-state index is 14.7. The smallest absolute Gasteiger partial charge is 0.258 e. The van der Waals surface area contributed by atoms with Gasteiger partial charge in [-0.05, 0) is 81.2 Å². The van der Waals surface area contributed by atoms with E-state index in [1.54, 1.807) is 11.9 Å². The molecule has 0 radical (unpaired) electrons. The Morgan fingerprint density at radius 3 is 2.45 bits per heavy atom. The number of fused-ring (bicyclic) bond motifs is 2. The minimum atomic E-state index is -0.173. The zero-order chi connectivity index (χ0) is 38.2. The van der Waals surface area contributed by atoms with Gasteiger partial charge in [-0.15, -0.1) is 10.2 Å². The molecule has 14 nitrogen and oxygen atoms in total. The molecule has 2 bridgehead atoms. The van der Waals surface area contributed by atoms with Gasteiger partial charge in [0, 0.05) is 68.7 Å². The van der Waals surface area contributed by atoms with Crippen LogP contribution in [0.3, 0.4) is 0 Å². The van der Waals surface area contributed by atoms with Gasteiger partial charge in [-0.3, -0.25) is 14.4 Å². The number of methoxy groups -OCH3 is 1. The summed E-state index contributed by atoms with van der Waals surface area (Å²) in [5.74, 6) is 1.08. The Kier molecular flexibility index (Phi) is 8.99. The summed E-state index contributed by atoms with van der Waals surface area (Å²) in [5, 5.41) is 13.1. The fourth-order valence-corrected chi connectivity index (χ4v) is 10.4. The Labute approximate surface area is 322 Å². The molecule has 4 aliphatic carbocycles. The first kappa shape index (κ1) is 36.2. The van der Waals surface area contributed by atoms with Crippen LogP contribution in [0, 0.1) is 11.3 Å². The molecule has 2 amide bonds. The fraction of sp³-hybridized carbons (Fsp3) is 0.634. The van der Waals surface area contributed by atoms with E-state index >= 15 is 0 Å². The quantitative estimate of drug-likeness (QED) is 0.329. The van der Waals surface area contributed by atoms with Gasteiger partial charge in [0.05, 0.1) is 37.6 Å². The first-order valence-corrected chi connectivity index (χ1v) is 20.3. The highest BCUT2D eigenvalue weighted by Crippen LogP contribution is 2.70. The number of carbonyl (C=O) groups excluding carboxylic acids is 2. The zero-order valence-corrected chi connectivity index (χ0v) is 33.0. The van der Waals surface area contributed by atoms with Crippen LogP contribution in [0.5, 0.6) is 5.75 Å². The molecule has 10 rings (SSSR count). The maximum Gasteiger partial charge on any atom is 0.258 e. The van der Waals surface area contributed by atoms with Crippen molar-refractivity contribution in [3.05, 3.63) is 45.8 Å². The first-order chi connectivity index (χ1) is 26.5. The fourth-order valence-electron chi connectivity index (χ4n) is 10.4. The van der Waals surface area contributed by atoms with E-state index in [9.17, 15) is 14.4 Å². The summed E-state index contributed by atoms with van der Waals surface area (Å²) in [6.45, 7) is 12.4. The summed E-state index contributed by atoms with van der Waals surface area (Å²) < 4.78 is 13.2. The number of amides is 2. The van der Waals surface area contributed by atoms with E-state index in [1.807, 2.05) is 40.7 Å². The minimum absolute atomic E-state index is 0.0384. The summed E-state index contributed by atoms with van der Waals surface area (Å²) in [4.78, 5) is 53.5. The second kappa shape index (κ2) is 13.6. The molecule has 55 heavy (non-hydrogen) atoms. The molecule has 0 spiro atoms. The Morgan fingerprint density at radius 1 is 1.04 bits per heavy atom. The lowest BCUT2D eigenvalue weighted by Crippen LogP contribution is -2.76. The van der Waals surface area contributed by atoms with Crippen LogP contribution in [0.4, 0.5) is 11.4 Å². The lowest BCUT2D eigenvalue weighted by Gasteiger charge is -2.72. The predicted molar refractivity (Wildman–Crippen MR) is 211 cm³/mol. The zero-order valence-electron chi connectivity index (χ0n) is 33.0. The number of piperazine rings is 2. The molecule has 1 N–H and O–H groups in total. The number of hydrogen-bond acceptors (Lipinski definition) is 10. The third-order valence-corrected chi connectivity index (χ3v) is 13.8. The molecule has 7 aliphatic rings. The molecule has 2 atom stereocenters. The second-order valence-corrected chi connectivity index (χ2v) is 17.2. The summed E-state index contributed by atoms with van der Waals surface area (Å²) >= 11 is 0. The van der Waals surface area contributed by atoms with Crippen LogP contribution in [0.25, 0.3) is 16.9 Å². The number of nitrogens with zero attached hydrogens (tertiary/aromatic N) is 8. The van der Waals surface area contributed by atoms with Gasteiger partial charge < -0.3 is 39.0 Å². The molecule has 2 saturated heterocycles. The number of anilines is 2. The summed E-state index contributed by atoms with van der Waals surface area (Å²) in [6, 6.07) is 5.85. The van der Waals surface area contributed by atoms with Crippen molar-refractivity contribution in [1.29, 1.82) is 0 Å². The molecule has 3 aliphatic heterocycles. The Balaban J connectivity index is 1.03. The van der Waals surface area contributed by atoms with E-state index < -0.39 is 0 Å². The highest BCUT2D eigenvalue weighted by molar-refractivity contribution is 5.98. The summed E-state index contributed by atoms with van der Waals surface area (Å²) in [6.07, 6.45) is 7.90. The highest BCUT2D eigenvalue weighted by Gasteiger charge is 2.69. The molecule has 6 fully saturated rings. The van der Waals surface area contributed by atoms with Gasteiger partial charge in [-0.1, -0.05) is 20.8 Å². The van der Waals surface area contributed by atoms with Crippen LogP contribution in [0.2, 0.25) is 0 Å². The number of rotatable bonds is 10. The summed E-state index contributed by atoms with van der Waals surface area (Å²) in [7, 11) is 3.75.